The molecule has 0 bridgehead atoms. The Balaban J connectivity index is 1.82. The molecule has 0 spiro atoms. The van der Waals surface area contributed by atoms with Crippen molar-refractivity contribution in [2.75, 3.05) is 18.0 Å². The number of rotatable bonds is 14. The van der Waals surface area contributed by atoms with E-state index in [4.69, 9.17) is 4.74 Å². The SMILES string of the molecule is COc1cccc(CN(C(=O)CN(c2ccc(C(C)C)cc2)S(=O)(=O)c2ccc(C)cc2)C(Cc2ccccc2)C(=O)NC(C)C)c1. The first kappa shape index (κ1) is 35.2. The molecule has 0 radical (unpaired) electrons. The first-order valence-corrected chi connectivity index (χ1v) is 17.3. The standard InChI is InChI=1S/C38H45N3O5S/c1-27(2)32-17-19-33(20-18-32)41(47(44,45)35-21-15-29(5)16-22-35)26-37(42)40(25-31-13-10-14-34(23-31)46-6)36(38(43)39-28(3)4)24-30-11-8-7-9-12-30/h7-23,27-28,36H,24-26H2,1-6H3,(H,39,43). The number of benzene rings is 4. The van der Waals surface area contributed by atoms with E-state index in [0.717, 1.165) is 26.6 Å². The van der Waals surface area contributed by atoms with Crippen LogP contribution in [-0.2, 0) is 32.6 Å². The summed E-state index contributed by atoms with van der Waals surface area (Å²) in [4.78, 5) is 30.0. The predicted octanol–water partition coefficient (Wildman–Crippen LogP) is 6.49. The number of sulfonamides is 1. The molecule has 0 saturated carbocycles. The predicted molar refractivity (Wildman–Crippen MR) is 187 cm³/mol. The summed E-state index contributed by atoms with van der Waals surface area (Å²) in [6, 6.07) is 29.5. The molecule has 0 aliphatic heterocycles. The molecule has 2 amide bonds. The topological polar surface area (TPSA) is 96.0 Å². The highest BCUT2D eigenvalue weighted by atomic mass is 32.2. The van der Waals surface area contributed by atoms with Gasteiger partial charge in [-0.15, -0.1) is 0 Å². The van der Waals surface area contributed by atoms with Gasteiger partial charge in [-0.1, -0.05) is 86.1 Å². The molecule has 1 unspecified atom stereocenters. The highest BCUT2D eigenvalue weighted by Gasteiger charge is 2.35. The van der Waals surface area contributed by atoms with E-state index in [1.165, 1.54) is 4.90 Å². The van der Waals surface area contributed by atoms with Gasteiger partial charge < -0.3 is 15.0 Å². The van der Waals surface area contributed by atoms with Crippen molar-refractivity contribution in [3.8, 4) is 5.75 Å². The largest absolute Gasteiger partial charge is 0.497 e. The summed E-state index contributed by atoms with van der Waals surface area (Å²) in [7, 11) is -2.61. The van der Waals surface area contributed by atoms with Crippen molar-refractivity contribution in [1.82, 2.24) is 10.2 Å². The van der Waals surface area contributed by atoms with Crippen LogP contribution in [0.25, 0.3) is 0 Å². The van der Waals surface area contributed by atoms with Gasteiger partial charge in [-0.2, -0.15) is 0 Å². The Morgan fingerprint density at radius 1 is 0.809 bits per heavy atom. The maximum absolute atomic E-state index is 14.6. The van der Waals surface area contributed by atoms with Gasteiger partial charge in [0.15, 0.2) is 0 Å². The summed E-state index contributed by atoms with van der Waals surface area (Å²) in [5.41, 5.74) is 3.92. The number of hydrogen-bond acceptors (Lipinski definition) is 5. The molecule has 1 atom stereocenters. The van der Waals surface area contributed by atoms with Crippen molar-refractivity contribution in [1.29, 1.82) is 0 Å². The maximum Gasteiger partial charge on any atom is 0.264 e. The van der Waals surface area contributed by atoms with E-state index in [1.54, 1.807) is 49.6 Å². The molecule has 9 heteroatoms. The monoisotopic (exact) mass is 655 g/mol. The molecule has 1 N–H and O–H groups in total. The van der Waals surface area contributed by atoms with Crippen LogP contribution >= 0.6 is 0 Å². The zero-order chi connectivity index (χ0) is 34.1. The van der Waals surface area contributed by atoms with Gasteiger partial charge in [0.25, 0.3) is 10.0 Å². The molecule has 4 aromatic carbocycles. The Morgan fingerprint density at radius 2 is 1.45 bits per heavy atom. The van der Waals surface area contributed by atoms with Crippen LogP contribution in [0.2, 0.25) is 0 Å². The van der Waals surface area contributed by atoms with Crippen molar-refractivity contribution >= 4 is 27.5 Å². The van der Waals surface area contributed by atoms with Crippen molar-refractivity contribution < 1.29 is 22.7 Å². The van der Waals surface area contributed by atoms with Gasteiger partial charge in [0.2, 0.25) is 11.8 Å². The fourth-order valence-electron chi connectivity index (χ4n) is 5.29. The average Bonchev–Trinajstić information content (AvgIpc) is 3.05. The third-order valence-electron chi connectivity index (χ3n) is 7.92. The lowest BCUT2D eigenvalue weighted by Crippen LogP contribution is -2.54. The highest BCUT2D eigenvalue weighted by molar-refractivity contribution is 7.92. The minimum atomic E-state index is -4.17. The number of aryl methyl sites for hydroxylation is 1. The average molecular weight is 656 g/mol. The van der Waals surface area contributed by atoms with Gasteiger partial charge in [0.1, 0.15) is 18.3 Å². The van der Waals surface area contributed by atoms with Gasteiger partial charge in [-0.3, -0.25) is 13.9 Å². The van der Waals surface area contributed by atoms with E-state index in [-0.39, 0.29) is 35.7 Å². The fourth-order valence-corrected chi connectivity index (χ4v) is 6.71. The molecule has 0 aliphatic carbocycles. The molecule has 4 rings (SSSR count). The second-order valence-electron chi connectivity index (χ2n) is 12.3. The van der Waals surface area contributed by atoms with Crippen LogP contribution in [0.3, 0.4) is 0 Å². The third-order valence-corrected chi connectivity index (χ3v) is 9.71. The first-order chi connectivity index (χ1) is 22.4. The number of carbonyl (C=O) groups excluding carboxylic acids is 2. The van der Waals surface area contributed by atoms with Crippen molar-refractivity contribution in [2.24, 2.45) is 0 Å². The van der Waals surface area contributed by atoms with Crippen molar-refractivity contribution in [2.45, 2.75) is 70.5 Å². The second-order valence-corrected chi connectivity index (χ2v) is 14.2. The molecule has 0 fully saturated rings. The summed E-state index contributed by atoms with van der Waals surface area (Å²) in [5.74, 6) is 0.00460. The Labute approximate surface area is 279 Å². The first-order valence-electron chi connectivity index (χ1n) is 15.8. The fraction of sp³-hybridized carbons (Fsp3) is 0.316. The Kier molecular flexibility index (Phi) is 11.8. The van der Waals surface area contributed by atoms with Gasteiger partial charge in [-0.05, 0) is 79.8 Å². The van der Waals surface area contributed by atoms with E-state index in [0.29, 0.717) is 11.4 Å². The number of carbonyl (C=O) groups is 2. The van der Waals surface area contributed by atoms with Gasteiger partial charge in [-0.25, -0.2) is 8.42 Å². The molecule has 8 nitrogen and oxygen atoms in total. The maximum atomic E-state index is 14.6. The normalized spacial score (nSPS) is 12.1. The minimum Gasteiger partial charge on any atom is -0.497 e. The lowest BCUT2D eigenvalue weighted by Gasteiger charge is -2.34. The molecule has 248 valence electrons. The molecule has 0 aromatic heterocycles. The lowest BCUT2D eigenvalue weighted by molar-refractivity contribution is -0.140. The van der Waals surface area contributed by atoms with Gasteiger partial charge in [0.05, 0.1) is 17.7 Å². The van der Waals surface area contributed by atoms with Crippen LogP contribution in [0.15, 0.2) is 108 Å². The lowest BCUT2D eigenvalue weighted by atomic mass is 10.0. The number of methoxy groups -OCH3 is 1. The zero-order valence-electron chi connectivity index (χ0n) is 28.0. The molecular formula is C38H45N3O5S. The van der Waals surface area contributed by atoms with Crippen LogP contribution in [0, 0.1) is 6.92 Å². The van der Waals surface area contributed by atoms with Crippen molar-refractivity contribution in [3.63, 3.8) is 0 Å². The number of nitrogens with zero attached hydrogens (tertiary/aromatic N) is 2. The summed E-state index contributed by atoms with van der Waals surface area (Å²) >= 11 is 0. The molecule has 47 heavy (non-hydrogen) atoms. The Hall–Kier alpha value is -4.63. The molecule has 0 saturated heterocycles. The molecule has 0 aliphatic rings. The van der Waals surface area contributed by atoms with Crippen LogP contribution in [-0.4, -0.2) is 50.9 Å². The Morgan fingerprint density at radius 3 is 2.04 bits per heavy atom. The zero-order valence-corrected chi connectivity index (χ0v) is 28.8. The van der Waals surface area contributed by atoms with Crippen molar-refractivity contribution in [3.05, 3.63) is 125 Å². The van der Waals surface area contributed by atoms with E-state index in [2.05, 4.69) is 19.2 Å². The Bertz CT molecular complexity index is 1740. The van der Waals surface area contributed by atoms with Crippen LogP contribution in [0.5, 0.6) is 5.75 Å². The van der Waals surface area contributed by atoms with Crippen LogP contribution in [0.1, 0.15) is 55.9 Å². The molecule has 4 aromatic rings. The van der Waals surface area contributed by atoms with E-state index in [9.17, 15) is 18.0 Å². The van der Waals surface area contributed by atoms with Gasteiger partial charge >= 0.3 is 0 Å². The molecular weight excluding hydrogens is 611 g/mol. The summed E-state index contributed by atoms with van der Waals surface area (Å²) in [6.07, 6.45) is 0.239. The summed E-state index contributed by atoms with van der Waals surface area (Å²) < 4.78 is 35.1. The number of nitrogens with one attached hydrogen (secondary N) is 1. The van der Waals surface area contributed by atoms with Crippen LogP contribution in [0.4, 0.5) is 5.69 Å². The number of ether oxygens (including phenoxy) is 1. The summed E-state index contributed by atoms with van der Waals surface area (Å²) in [5, 5.41) is 2.98. The smallest absolute Gasteiger partial charge is 0.264 e. The number of anilines is 1. The van der Waals surface area contributed by atoms with E-state index in [1.807, 2.05) is 81.4 Å². The summed E-state index contributed by atoms with van der Waals surface area (Å²) in [6.45, 7) is 9.28. The highest BCUT2D eigenvalue weighted by Crippen LogP contribution is 2.27. The molecule has 0 heterocycles. The van der Waals surface area contributed by atoms with Crippen LogP contribution < -0.4 is 14.4 Å². The van der Waals surface area contributed by atoms with E-state index >= 15 is 0 Å². The third kappa shape index (κ3) is 9.23. The minimum absolute atomic E-state index is 0.0593. The number of amides is 2. The van der Waals surface area contributed by atoms with Gasteiger partial charge in [0, 0.05) is 19.0 Å². The second kappa shape index (κ2) is 15.8. The van der Waals surface area contributed by atoms with E-state index < -0.39 is 28.5 Å². The number of hydrogen-bond donors (Lipinski definition) is 1. The quantitative estimate of drug-likeness (QED) is 0.168.